The molecule has 7 heteroatoms. The molecule has 1 amide bonds. The van der Waals surface area contributed by atoms with Crippen molar-refractivity contribution in [2.24, 2.45) is 5.73 Å². The number of aromatic nitrogens is 1. The molecule has 0 saturated heterocycles. The van der Waals surface area contributed by atoms with Crippen LogP contribution in [-0.4, -0.2) is 29.1 Å². The molecule has 0 aliphatic carbocycles. The van der Waals surface area contributed by atoms with Crippen molar-refractivity contribution >= 4 is 6.41 Å². The first-order valence-electron chi connectivity index (χ1n) is 5.88. The lowest BCUT2D eigenvalue weighted by atomic mass is 10.3. The molecule has 1 aliphatic rings. The highest BCUT2D eigenvalue weighted by Crippen LogP contribution is 2.22. The van der Waals surface area contributed by atoms with E-state index in [0.29, 0.717) is 25.2 Å². The molecule has 3 N–H and O–H groups in total. The topological polar surface area (TPSA) is 80.5 Å². The molecule has 102 valence electrons. The van der Waals surface area contributed by atoms with Crippen LogP contribution in [0, 0.1) is 5.82 Å². The first-order valence-corrected chi connectivity index (χ1v) is 5.88. The first kappa shape index (κ1) is 13.3. The number of ether oxygens (including phenoxy) is 1. The van der Waals surface area contributed by atoms with Crippen LogP contribution < -0.4 is 11.1 Å². The minimum absolute atomic E-state index is 0.198. The Kier molecular flexibility index (Phi) is 4.30. The van der Waals surface area contributed by atoms with Gasteiger partial charge in [-0.05, 0) is 18.7 Å². The van der Waals surface area contributed by atoms with Crippen molar-refractivity contribution < 1.29 is 13.9 Å². The van der Waals surface area contributed by atoms with Crippen LogP contribution in [0.4, 0.5) is 4.39 Å². The van der Waals surface area contributed by atoms with E-state index < -0.39 is 5.82 Å². The molecule has 1 aromatic heterocycles. The van der Waals surface area contributed by atoms with Gasteiger partial charge in [0.1, 0.15) is 17.9 Å². The van der Waals surface area contributed by atoms with Crippen LogP contribution >= 0.6 is 0 Å². The molecule has 2 rings (SSSR count). The van der Waals surface area contributed by atoms with E-state index in [1.165, 1.54) is 24.6 Å². The predicted octanol–water partition coefficient (Wildman–Crippen LogP) is 0.273. The van der Waals surface area contributed by atoms with E-state index in [1.54, 1.807) is 4.90 Å². The van der Waals surface area contributed by atoms with Crippen molar-refractivity contribution in [3.8, 4) is 0 Å². The quantitative estimate of drug-likeness (QED) is 0.723. The van der Waals surface area contributed by atoms with Crippen molar-refractivity contribution in [2.45, 2.75) is 19.2 Å². The average Bonchev–Trinajstić information content (AvgIpc) is 2.76. The Bertz CT molecular complexity index is 481. The van der Waals surface area contributed by atoms with Gasteiger partial charge in [-0.1, -0.05) is 0 Å². The summed E-state index contributed by atoms with van der Waals surface area (Å²) in [5.41, 5.74) is 5.79. The fourth-order valence-corrected chi connectivity index (χ4v) is 1.87. The van der Waals surface area contributed by atoms with Gasteiger partial charge in [0.15, 0.2) is 6.23 Å². The van der Waals surface area contributed by atoms with Crippen LogP contribution in [0.3, 0.4) is 0 Å². The number of carbonyl (C=O) groups excluding carboxylic acids is 1. The number of nitrogens with two attached hydrogens (primary N) is 1. The zero-order valence-electron chi connectivity index (χ0n) is 10.3. The molecule has 19 heavy (non-hydrogen) atoms. The van der Waals surface area contributed by atoms with E-state index in [4.69, 9.17) is 10.5 Å². The summed E-state index contributed by atoms with van der Waals surface area (Å²) in [5.74, 6) is 0.0739. The van der Waals surface area contributed by atoms with Crippen molar-refractivity contribution in [3.05, 3.63) is 41.9 Å². The zero-order chi connectivity index (χ0) is 13.7. The molecule has 1 aliphatic heterocycles. The molecule has 2 heterocycles. The molecular formula is C12H15FN4O2. The lowest BCUT2D eigenvalue weighted by Crippen LogP contribution is -2.36. The third-order valence-electron chi connectivity index (χ3n) is 2.77. The van der Waals surface area contributed by atoms with Gasteiger partial charge in [0.25, 0.3) is 0 Å². The van der Waals surface area contributed by atoms with Crippen molar-refractivity contribution in [3.63, 3.8) is 0 Å². The van der Waals surface area contributed by atoms with Crippen LogP contribution in [0.25, 0.3) is 0 Å². The summed E-state index contributed by atoms with van der Waals surface area (Å²) in [6, 6.07) is 2.87. The Morgan fingerprint density at radius 2 is 2.47 bits per heavy atom. The monoisotopic (exact) mass is 266 g/mol. The Labute approximate surface area is 110 Å². The summed E-state index contributed by atoms with van der Waals surface area (Å²) < 4.78 is 19.0. The number of hydrogen-bond acceptors (Lipinski definition) is 5. The molecule has 0 aromatic carbocycles. The molecule has 0 fully saturated rings. The second kappa shape index (κ2) is 6.14. The van der Waals surface area contributed by atoms with Crippen molar-refractivity contribution in [1.82, 2.24) is 15.2 Å². The van der Waals surface area contributed by atoms with Crippen LogP contribution in [0.1, 0.15) is 12.1 Å². The van der Waals surface area contributed by atoms with E-state index in [-0.39, 0.29) is 18.5 Å². The molecular weight excluding hydrogens is 251 g/mol. The van der Waals surface area contributed by atoms with Crippen LogP contribution in [-0.2, 0) is 16.1 Å². The average molecular weight is 266 g/mol. The molecule has 1 unspecified atom stereocenters. The van der Waals surface area contributed by atoms with Crippen molar-refractivity contribution in [1.29, 1.82) is 0 Å². The van der Waals surface area contributed by atoms with Gasteiger partial charge in [0.2, 0.25) is 6.41 Å². The fraction of sp³-hybridized carbons (Fsp3) is 0.333. The summed E-state index contributed by atoms with van der Waals surface area (Å²) in [6.07, 6.45) is 3.73. The fourth-order valence-electron chi connectivity index (χ4n) is 1.87. The number of rotatable bonds is 6. The largest absolute Gasteiger partial charge is 0.474 e. The van der Waals surface area contributed by atoms with Crippen molar-refractivity contribution in [2.75, 3.05) is 6.54 Å². The van der Waals surface area contributed by atoms with Gasteiger partial charge in [-0.2, -0.15) is 0 Å². The van der Waals surface area contributed by atoms with Gasteiger partial charge in [0, 0.05) is 12.6 Å². The summed E-state index contributed by atoms with van der Waals surface area (Å²) in [7, 11) is 0. The molecule has 6 nitrogen and oxygen atoms in total. The molecule has 0 radical (unpaired) electrons. The number of hydrogen-bond donors (Lipinski definition) is 2. The SMILES string of the molecule is NCCC1OC=C(NC=O)N1Cc1ncccc1F. The highest BCUT2D eigenvalue weighted by molar-refractivity contribution is 5.49. The maximum Gasteiger partial charge on any atom is 0.212 e. The zero-order valence-corrected chi connectivity index (χ0v) is 10.3. The predicted molar refractivity (Wildman–Crippen MR) is 65.6 cm³/mol. The molecule has 1 aromatic rings. The highest BCUT2D eigenvalue weighted by atomic mass is 19.1. The third kappa shape index (κ3) is 3.00. The third-order valence-corrected chi connectivity index (χ3v) is 2.77. The van der Waals surface area contributed by atoms with Gasteiger partial charge < -0.3 is 20.7 Å². The number of nitrogens with one attached hydrogen (secondary N) is 1. The van der Waals surface area contributed by atoms with E-state index in [0.717, 1.165) is 0 Å². The number of nitrogens with zero attached hydrogens (tertiary/aromatic N) is 2. The first-order chi connectivity index (χ1) is 9.26. The lowest BCUT2D eigenvalue weighted by molar-refractivity contribution is -0.109. The van der Waals surface area contributed by atoms with Crippen LogP contribution in [0.2, 0.25) is 0 Å². The summed E-state index contributed by atoms with van der Waals surface area (Å²) in [4.78, 5) is 16.2. The molecule has 0 bridgehead atoms. The van der Waals surface area contributed by atoms with Gasteiger partial charge in [-0.25, -0.2) is 4.39 Å². The Morgan fingerprint density at radius 3 is 3.16 bits per heavy atom. The molecule has 0 saturated carbocycles. The van der Waals surface area contributed by atoms with E-state index in [9.17, 15) is 9.18 Å². The summed E-state index contributed by atoms with van der Waals surface area (Å²) >= 11 is 0. The Morgan fingerprint density at radius 1 is 1.63 bits per heavy atom. The number of amides is 1. The van der Waals surface area contributed by atoms with Crippen LogP contribution in [0.15, 0.2) is 30.4 Å². The number of halogens is 1. The Hall–Kier alpha value is -2.15. The lowest BCUT2D eigenvalue weighted by Gasteiger charge is -2.26. The van der Waals surface area contributed by atoms with E-state index >= 15 is 0 Å². The minimum atomic E-state index is -0.397. The van der Waals surface area contributed by atoms with Gasteiger partial charge in [0.05, 0.1) is 12.2 Å². The van der Waals surface area contributed by atoms with Gasteiger partial charge in [-0.15, -0.1) is 0 Å². The van der Waals surface area contributed by atoms with Crippen LogP contribution in [0.5, 0.6) is 0 Å². The second-order valence-electron chi connectivity index (χ2n) is 3.99. The normalized spacial score (nSPS) is 17.9. The number of pyridine rings is 1. The van der Waals surface area contributed by atoms with Gasteiger partial charge in [-0.3, -0.25) is 9.78 Å². The summed E-state index contributed by atoms with van der Waals surface area (Å²) in [5, 5.41) is 2.51. The maximum absolute atomic E-state index is 13.6. The standard InChI is InChI=1S/C12H15FN4O2/c13-9-2-1-5-15-10(9)6-17-11(16-8-18)7-19-12(17)3-4-14/h1-2,5,7-8,12H,3-4,6,14H2,(H,16,18). The van der Waals surface area contributed by atoms with Gasteiger partial charge >= 0.3 is 0 Å². The second-order valence-corrected chi connectivity index (χ2v) is 3.99. The van der Waals surface area contributed by atoms with E-state index in [1.807, 2.05) is 0 Å². The summed E-state index contributed by atoms with van der Waals surface area (Å²) in [6.45, 7) is 0.623. The molecule has 1 atom stereocenters. The highest BCUT2D eigenvalue weighted by Gasteiger charge is 2.28. The smallest absolute Gasteiger partial charge is 0.212 e. The minimum Gasteiger partial charge on any atom is -0.474 e. The molecule has 0 spiro atoms. The maximum atomic E-state index is 13.6. The number of carbonyl (C=O) groups is 1. The Balaban J connectivity index is 2.15. The van der Waals surface area contributed by atoms with E-state index in [2.05, 4.69) is 10.3 Å².